The summed E-state index contributed by atoms with van der Waals surface area (Å²) < 4.78 is 44.3. The fourth-order valence-electron chi connectivity index (χ4n) is 2.94. The maximum Gasteiger partial charge on any atom is 0.399 e. The molecule has 0 saturated heterocycles. The fourth-order valence-corrected chi connectivity index (χ4v) is 5.15. The summed E-state index contributed by atoms with van der Waals surface area (Å²) in [6, 6.07) is 12.2. The van der Waals surface area contributed by atoms with Crippen LogP contribution in [0.4, 0.5) is 8.78 Å². The molecule has 0 amide bonds. The van der Waals surface area contributed by atoms with E-state index in [-0.39, 0.29) is 16.7 Å². The molecule has 3 rings (SSSR count). The van der Waals surface area contributed by atoms with Crippen LogP contribution in [-0.4, -0.2) is 27.7 Å². The first-order chi connectivity index (χ1) is 14.5. The molecule has 0 aliphatic carbocycles. The normalized spacial score (nSPS) is 13.1. The Morgan fingerprint density at radius 1 is 1.26 bits per heavy atom. The average Bonchev–Trinajstić information content (AvgIpc) is 3.20. The number of methoxy groups -OCH3 is 1. The lowest BCUT2D eigenvalue weighted by Crippen LogP contribution is -2.17. The molecule has 0 saturated carbocycles. The van der Waals surface area contributed by atoms with Gasteiger partial charge in [0.25, 0.3) is 0 Å². The first kappa shape index (κ1) is 23.7. The smallest absolute Gasteiger partial charge is 0.399 e. The van der Waals surface area contributed by atoms with Crippen LogP contribution in [-0.2, 0) is 16.6 Å². The summed E-state index contributed by atoms with van der Waals surface area (Å²) in [5, 5.41) is 2.17. The lowest BCUT2D eigenvalue weighted by Gasteiger charge is -2.20. The molecule has 0 fully saturated rings. The van der Waals surface area contributed by atoms with Crippen LogP contribution in [0.5, 0.6) is 5.88 Å². The number of halogens is 3. The predicted octanol–water partition coefficient (Wildman–Crippen LogP) is 5.35. The molecule has 0 spiro atoms. The zero-order valence-corrected chi connectivity index (χ0v) is 19.3. The van der Waals surface area contributed by atoms with E-state index in [0.717, 1.165) is 6.07 Å². The topological polar surface area (TPSA) is 96.7 Å². The van der Waals surface area contributed by atoms with Crippen LogP contribution in [0, 0.1) is 0 Å². The molecule has 6 nitrogen and oxygen atoms in total. The minimum absolute atomic E-state index is 0.144. The maximum absolute atomic E-state index is 14.1. The van der Waals surface area contributed by atoms with E-state index in [1.165, 1.54) is 30.6 Å². The Morgan fingerprint density at radius 3 is 2.48 bits per heavy atom. The number of Topliss-reactive ketones (excluding diaryl/α,β-unsaturated/α-hetero) is 1. The van der Waals surface area contributed by atoms with Crippen molar-refractivity contribution in [3.05, 3.63) is 80.1 Å². The lowest BCUT2D eigenvalue weighted by atomic mass is 9.91. The third kappa shape index (κ3) is 5.10. The van der Waals surface area contributed by atoms with Crippen LogP contribution >= 0.6 is 34.9 Å². The number of hydrogen-bond donors (Lipinski definition) is 2. The van der Waals surface area contributed by atoms with Crippen LogP contribution in [0.2, 0.25) is 0 Å². The molecule has 164 valence electrons. The predicted molar refractivity (Wildman–Crippen MR) is 116 cm³/mol. The first-order valence-electron chi connectivity index (χ1n) is 8.85. The molecule has 1 unspecified atom stereocenters. The number of alkyl halides is 2. The van der Waals surface area contributed by atoms with E-state index in [0.29, 0.717) is 22.0 Å². The third-order valence-electron chi connectivity index (χ3n) is 4.55. The molecule has 1 atom stereocenters. The van der Waals surface area contributed by atoms with Crippen molar-refractivity contribution >= 4 is 40.6 Å². The van der Waals surface area contributed by atoms with E-state index in [2.05, 4.69) is 20.9 Å². The van der Waals surface area contributed by atoms with Gasteiger partial charge in [-0.3, -0.25) is 9.36 Å². The molecule has 0 aliphatic rings. The number of carbonyl (C=O) groups is 1. The summed E-state index contributed by atoms with van der Waals surface area (Å²) in [4.78, 5) is 35.5. The number of ketones is 1. The Morgan fingerprint density at radius 2 is 1.94 bits per heavy atom. The van der Waals surface area contributed by atoms with E-state index in [1.807, 2.05) is 0 Å². The zero-order chi connectivity index (χ0) is 22.8. The van der Waals surface area contributed by atoms with Crippen molar-refractivity contribution in [1.82, 2.24) is 4.98 Å². The Balaban J connectivity index is 1.97. The van der Waals surface area contributed by atoms with Crippen molar-refractivity contribution in [3.8, 4) is 5.88 Å². The second-order valence-electron chi connectivity index (χ2n) is 6.61. The number of nitrogens with zero attached hydrogens (tertiary/aromatic N) is 1. The molecule has 0 radical (unpaired) electrons. The largest absolute Gasteiger partial charge is 0.480 e. The molecule has 2 N–H and O–H groups in total. The molecular weight excluding hydrogens is 515 g/mol. The average molecular weight is 532 g/mol. The number of hydrogen-bond acceptors (Lipinski definition) is 5. The van der Waals surface area contributed by atoms with Gasteiger partial charge < -0.3 is 14.5 Å². The van der Waals surface area contributed by atoms with Crippen LogP contribution < -0.4 is 4.74 Å². The quantitative estimate of drug-likeness (QED) is 0.300. The van der Waals surface area contributed by atoms with E-state index >= 15 is 0 Å². The van der Waals surface area contributed by atoms with Crippen molar-refractivity contribution in [2.24, 2.45) is 0 Å². The second-order valence-corrected chi connectivity index (χ2v) is 10.0. The minimum Gasteiger partial charge on any atom is -0.480 e. The van der Waals surface area contributed by atoms with Crippen molar-refractivity contribution < 1.29 is 32.7 Å². The summed E-state index contributed by atoms with van der Waals surface area (Å²) in [6.07, 6.45) is 0.144. The van der Waals surface area contributed by atoms with Gasteiger partial charge in [0.2, 0.25) is 5.88 Å². The van der Waals surface area contributed by atoms with Crippen molar-refractivity contribution in [2.75, 3.05) is 7.11 Å². The number of ether oxygens (including phenoxy) is 1. The molecule has 2 aromatic carbocycles. The molecule has 11 heteroatoms. The number of aromatic nitrogens is 1. The van der Waals surface area contributed by atoms with Crippen molar-refractivity contribution in [3.63, 3.8) is 0 Å². The summed E-state index contributed by atoms with van der Waals surface area (Å²) in [5.74, 6) is -0.529. The summed E-state index contributed by atoms with van der Waals surface area (Å²) in [7, 11) is -4.24. The van der Waals surface area contributed by atoms with E-state index < -0.39 is 24.7 Å². The highest BCUT2D eigenvalue weighted by molar-refractivity contribution is 9.10. The summed E-state index contributed by atoms with van der Waals surface area (Å²) >= 11 is 4.23. The van der Waals surface area contributed by atoms with Gasteiger partial charge in [-0.2, -0.15) is 8.78 Å². The fraction of sp³-hybridized carbons (Fsp3) is 0.200. The second kappa shape index (κ2) is 9.26. The summed E-state index contributed by atoms with van der Waals surface area (Å²) in [6.45, 7) is 0. The lowest BCUT2D eigenvalue weighted by molar-refractivity contribution is 0.0557. The highest BCUT2D eigenvalue weighted by atomic mass is 79.9. The van der Waals surface area contributed by atoms with Gasteiger partial charge in [0, 0.05) is 15.6 Å². The number of carbonyl (C=O) groups excluding carboxylic acids is 1. The SMILES string of the molecule is COc1csc(C(Cc2ccc(C(F)(F)P(=O)(O)O)c(Br)c2)C(=O)c2ccccc2)n1. The van der Waals surface area contributed by atoms with Gasteiger partial charge in [-0.25, -0.2) is 4.98 Å². The van der Waals surface area contributed by atoms with Crippen LogP contribution in [0.25, 0.3) is 0 Å². The summed E-state index contributed by atoms with van der Waals surface area (Å²) in [5.41, 5.74) is -4.18. The third-order valence-corrected chi connectivity index (χ3v) is 7.11. The van der Waals surface area contributed by atoms with Crippen molar-refractivity contribution in [1.29, 1.82) is 0 Å². The Bertz CT molecular complexity index is 1140. The highest BCUT2D eigenvalue weighted by Gasteiger charge is 2.51. The Hall–Kier alpha value is -1.97. The van der Waals surface area contributed by atoms with E-state index in [9.17, 15) is 18.1 Å². The van der Waals surface area contributed by atoms with Crippen LogP contribution in [0.15, 0.2) is 58.4 Å². The monoisotopic (exact) mass is 531 g/mol. The molecule has 1 heterocycles. The zero-order valence-electron chi connectivity index (χ0n) is 16.0. The highest BCUT2D eigenvalue weighted by Crippen LogP contribution is 2.60. The van der Waals surface area contributed by atoms with Gasteiger partial charge in [-0.1, -0.05) is 58.4 Å². The van der Waals surface area contributed by atoms with Crippen LogP contribution in [0.1, 0.15) is 32.4 Å². The number of thiazole rings is 1. The first-order valence-corrected chi connectivity index (χ1v) is 12.1. The minimum atomic E-state index is -5.70. The van der Waals surface area contributed by atoms with Crippen LogP contribution in [0.3, 0.4) is 0 Å². The molecule has 0 bridgehead atoms. The molecule has 1 aromatic heterocycles. The number of rotatable bonds is 8. The maximum atomic E-state index is 14.1. The Labute approximate surface area is 189 Å². The van der Waals surface area contributed by atoms with Crippen molar-refractivity contribution in [2.45, 2.75) is 18.0 Å². The Kier molecular flexibility index (Phi) is 7.08. The molecule has 3 aromatic rings. The van der Waals surface area contributed by atoms with E-state index in [4.69, 9.17) is 14.5 Å². The van der Waals surface area contributed by atoms with Gasteiger partial charge in [0.05, 0.1) is 18.4 Å². The molecule has 31 heavy (non-hydrogen) atoms. The van der Waals surface area contributed by atoms with Gasteiger partial charge in [-0.15, -0.1) is 11.3 Å². The number of benzene rings is 2. The molecular formula is C20H17BrF2NO5PS. The van der Waals surface area contributed by atoms with E-state index in [1.54, 1.807) is 35.7 Å². The van der Waals surface area contributed by atoms with Gasteiger partial charge in [-0.05, 0) is 18.1 Å². The van der Waals surface area contributed by atoms with Gasteiger partial charge in [0.1, 0.15) is 5.01 Å². The molecule has 0 aliphatic heterocycles. The standard InChI is InChI=1S/C20H17BrF2NO5PS/c1-29-17-11-31-19(24-17)14(18(25)13-5-3-2-4-6-13)9-12-7-8-15(16(21)10-12)20(22,23)30(26,27)28/h2-8,10-11,14H,9H2,1H3,(H2,26,27,28). The van der Waals surface area contributed by atoms with Gasteiger partial charge >= 0.3 is 13.3 Å². The van der Waals surface area contributed by atoms with Gasteiger partial charge in [0.15, 0.2) is 5.78 Å².